The second-order valence-electron chi connectivity index (χ2n) is 22.5. The molecule has 15 aromatic carbocycles. The van der Waals surface area contributed by atoms with Crippen molar-refractivity contribution >= 4 is 142 Å². The Labute approximate surface area is 479 Å². The minimum atomic E-state index is 0.836. The number of para-hydroxylation sites is 2. The van der Waals surface area contributed by atoms with Crippen LogP contribution >= 0.6 is 0 Å². The molecule has 0 radical (unpaired) electrons. The maximum Gasteiger partial charge on any atom is 0.136 e. The minimum Gasteiger partial charge on any atom is -0.456 e. The second-order valence-corrected chi connectivity index (χ2v) is 22.5. The van der Waals surface area contributed by atoms with Crippen molar-refractivity contribution in [2.75, 3.05) is 0 Å². The molecule has 84 heavy (non-hydrogen) atoms. The molecule has 4 heterocycles. The lowest BCUT2D eigenvalue weighted by molar-refractivity contribution is 0.668. The molecular weight excluding hydrogens is 1020 g/mol. The van der Waals surface area contributed by atoms with Crippen LogP contribution in [-0.4, -0.2) is 0 Å². The lowest BCUT2D eigenvalue weighted by atomic mass is 9.83. The first-order valence-corrected chi connectivity index (χ1v) is 28.7. The smallest absolute Gasteiger partial charge is 0.136 e. The molecule has 4 heteroatoms. The maximum absolute atomic E-state index is 7.01. The summed E-state index contributed by atoms with van der Waals surface area (Å²) in [4.78, 5) is 0. The van der Waals surface area contributed by atoms with Gasteiger partial charge in [0.1, 0.15) is 44.7 Å². The summed E-state index contributed by atoms with van der Waals surface area (Å²) in [6.45, 7) is 0. The topological polar surface area (TPSA) is 52.6 Å². The third-order valence-electron chi connectivity index (χ3n) is 18.0. The first-order chi connectivity index (χ1) is 41.6. The van der Waals surface area contributed by atoms with Crippen LogP contribution in [0.15, 0.2) is 285 Å². The van der Waals surface area contributed by atoms with E-state index >= 15 is 0 Å². The van der Waals surface area contributed by atoms with E-state index in [2.05, 4.69) is 249 Å². The van der Waals surface area contributed by atoms with Gasteiger partial charge in [-0.3, -0.25) is 0 Å². The zero-order valence-electron chi connectivity index (χ0n) is 45.0. The van der Waals surface area contributed by atoms with Gasteiger partial charge in [-0.1, -0.05) is 188 Å². The highest BCUT2D eigenvalue weighted by Gasteiger charge is 2.25. The van der Waals surface area contributed by atoms with Gasteiger partial charge in [-0.2, -0.15) is 0 Å². The summed E-state index contributed by atoms with van der Waals surface area (Å²) in [5, 5.41) is 20.6. The lowest BCUT2D eigenvalue weighted by Crippen LogP contribution is -1.92. The lowest BCUT2D eigenvalue weighted by Gasteiger charge is -2.19. The van der Waals surface area contributed by atoms with Crippen molar-refractivity contribution in [3.8, 4) is 55.6 Å². The highest BCUT2D eigenvalue weighted by atomic mass is 16.3. The van der Waals surface area contributed by atoms with Gasteiger partial charge in [-0.15, -0.1) is 0 Å². The van der Waals surface area contributed by atoms with E-state index in [1.165, 1.54) is 60.0 Å². The Hall–Kier alpha value is -11.2. The number of fused-ring (bicyclic) bond motifs is 17. The number of furan rings is 4. The highest BCUT2D eigenvalue weighted by molar-refractivity contribution is 6.29. The number of benzene rings is 15. The molecule has 0 saturated carbocycles. The second kappa shape index (κ2) is 17.2. The molecule has 0 aliphatic rings. The number of hydrogen-bond donors (Lipinski definition) is 0. The van der Waals surface area contributed by atoms with E-state index in [0.29, 0.717) is 0 Å². The van der Waals surface area contributed by atoms with Gasteiger partial charge in [-0.05, 0) is 188 Å². The molecule has 0 aliphatic heterocycles. The summed E-state index contributed by atoms with van der Waals surface area (Å²) in [5.74, 6) is 0. The third-order valence-corrected chi connectivity index (χ3v) is 18.0. The Morgan fingerprint density at radius 1 is 0.167 bits per heavy atom. The molecule has 4 aromatic heterocycles. The van der Waals surface area contributed by atoms with Crippen molar-refractivity contribution in [1.29, 1.82) is 0 Å². The van der Waals surface area contributed by atoms with Gasteiger partial charge in [0.25, 0.3) is 0 Å². The first kappa shape index (κ1) is 45.5. The average molecular weight is 1070 g/mol. The molecule has 388 valence electrons. The van der Waals surface area contributed by atoms with Crippen LogP contribution < -0.4 is 0 Å². The molecule has 0 unspecified atom stereocenters. The first-order valence-electron chi connectivity index (χ1n) is 28.7. The summed E-state index contributed by atoms with van der Waals surface area (Å²) < 4.78 is 26.5. The fourth-order valence-corrected chi connectivity index (χ4v) is 14.4. The van der Waals surface area contributed by atoms with Crippen LogP contribution in [0.1, 0.15) is 0 Å². The van der Waals surface area contributed by atoms with Crippen LogP contribution in [0.25, 0.3) is 197 Å². The normalized spacial score (nSPS) is 12.3. The monoisotopic (exact) mass is 1070 g/mol. The summed E-state index contributed by atoms with van der Waals surface area (Å²) in [6.07, 6.45) is 0. The number of hydrogen-bond acceptors (Lipinski definition) is 4. The maximum atomic E-state index is 7.01. The quantitative estimate of drug-likeness (QED) is 0.161. The van der Waals surface area contributed by atoms with Crippen LogP contribution in [0.4, 0.5) is 0 Å². The van der Waals surface area contributed by atoms with Gasteiger partial charge in [0.15, 0.2) is 0 Å². The molecule has 0 spiro atoms. The predicted octanol–water partition coefficient (Wildman–Crippen LogP) is 23.4. The van der Waals surface area contributed by atoms with Crippen LogP contribution in [0, 0.1) is 0 Å². The Bertz CT molecular complexity index is 6000. The van der Waals surface area contributed by atoms with Gasteiger partial charge in [0.2, 0.25) is 0 Å². The standard InChI is InChI=1S/C80H44O4/c1-2-16-46-43-74-65(39-45(46)15-1)64-42-50(34-38-70(64)83-74)76-54-20-5-8-23-57(54)78(62-26-14-29-71-79(62)59-24-10-12-28-68(59)82-71)66-40-47(31-35-58(66)76)48-32-36-60-73(44-48)84-72-30-13-25-61(80(60)72)77-55-21-6-3-18-52(55)75(53-19-4-7-22-56(53)77)49-33-37-69-63(41-49)51-17-9-11-27-67(51)81-69/h1-44H. The fourth-order valence-electron chi connectivity index (χ4n) is 14.4. The van der Waals surface area contributed by atoms with Crippen LogP contribution in [-0.2, 0) is 0 Å². The van der Waals surface area contributed by atoms with Gasteiger partial charge < -0.3 is 17.7 Å². The van der Waals surface area contributed by atoms with Gasteiger partial charge in [-0.25, -0.2) is 0 Å². The molecule has 0 amide bonds. The van der Waals surface area contributed by atoms with E-state index in [1.807, 2.05) is 18.2 Å². The Balaban J connectivity index is 0.820. The molecule has 0 saturated heterocycles. The molecule has 19 aromatic rings. The predicted molar refractivity (Wildman–Crippen MR) is 350 cm³/mol. The van der Waals surface area contributed by atoms with Crippen molar-refractivity contribution in [1.82, 2.24) is 0 Å². The van der Waals surface area contributed by atoms with Crippen LogP contribution in [0.2, 0.25) is 0 Å². The van der Waals surface area contributed by atoms with Crippen LogP contribution in [0.5, 0.6) is 0 Å². The van der Waals surface area contributed by atoms with Crippen molar-refractivity contribution in [3.63, 3.8) is 0 Å². The Morgan fingerprint density at radius 3 is 1.12 bits per heavy atom. The molecule has 0 fully saturated rings. The molecule has 4 nitrogen and oxygen atoms in total. The third kappa shape index (κ3) is 6.48. The minimum absolute atomic E-state index is 0.836. The summed E-state index contributed by atoms with van der Waals surface area (Å²) in [6, 6.07) is 96.5. The van der Waals surface area contributed by atoms with Gasteiger partial charge in [0, 0.05) is 43.1 Å². The van der Waals surface area contributed by atoms with E-state index in [1.54, 1.807) is 0 Å². The summed E-state index contributed by atoms with van der Waals surface area (Å²) in [7, 11) is 0. The molecular formula is C80H44O4. The van der Waals surface area contributed by atoms with Crippen molar-refractivity contribution in [2.45, 2.75) is 0 Å². The van der Waals surface area contributed by atoms with Gasteiger partial charge in [0.05, 0.1) is 0 Å². The molecule has 0 bridgehead atoms. The van der Waals surface area contributed by atoms with E-state index in [-0.39, 0.29) is 0 Å². The van der Waals surface area contributed by atoms with Crippen LogP contribution in [0.3, 0.4) is 0 Å². The van der Waals surface area contributed by atoms with E-state index in [4.69, 9.17) is 17.7 Å². The van der Waals surface area contributed by atoms with Crippen molar-refractivity contribution in [3.05, 3.63) is 267 Å². The van der Waals surface area contributed by atoms with Crippen molar-refractivity contribution in [2.24, 2.45) is 0 Å². The van der Waals surface area contributed by atoms with E-state index < -0.39 is 0 Å². The summed E-state index contributed by atoms with van der Waals surface area (Å²) >= 11 is 0. The van der Waals surface area contributed by atoms with E-state index in [0.717, 1.165) is 137 Å². The fraction of sp³-hybridized carbons (Fsp3) is 0. The number of rotatable bonds is 5. The molecule has 19 rings (SSSR count). The van der Waals surface area contributed by atoms with E-state index in [9.17, 15) is 0 Å². The molecule has 0 aliphatic carbocycles. The van der Waals surface area contributed by atoms with Gasteiger partial charge >= 0.3 is 0 Å². The SMILES string of the molecule is c1ccc2cc3c(cc2c1)oc1ccc(-c2c4ccccc4c(-c4cccc5oc6ccccc6c45)c4cc(-c5ccc6c(c5)oc5cccc(-c7c8ccccc8c(-c8ccc9oc%10ccccc%10c9c8)c8ccccc78)c56)ccc24)cc13. The zero-order chi connectivity index (χ0) is 54.7. The summed E-state index contributed by atoms with van der Waals surface area (Å²) in [5.41, 5.74) is 18.4. The molecule has 0 atom stereocenters. The molecule has 0 N–H and O–H groups in total. The highest BCUT2D eigenvalue weighted by Crippen LogP contribution is 2.51. The Kier molecular flexibility index (Phi) is 9.30. The zero-order valence-corrected chi connectivity index (χ0v) is 45.0. The Morgan fingerprint density at radius 2 is 0.512 bits per heavy atom. The van der Waals surface area contributed by atoms with Crippen molar-refractivity contribution < 1.29 is 17.7 Å². The largest absolute Gasteiger partial charge is 0.456 e. The average Bonchev–Trinajstić information content (AvgIpc) is 1.79.